The third kappa shape index (κ3) is 2.85. The lowest BCUT2D eigenvalue weighted by molar-refractivity contribution is -0.119. The number of rotatable bonds is 3. The van der Waals surface area contributed by atoms with Crippen molar-refractivity contribution >= 4 is 15.6 Å². The Bertz CT molecular complexity index is 960. The Balaban J connectivity index is 1.95. The highest BCUT2D eigenvalue weighted by Gasteiger charge is 2.55. The van der Waals surface area contributed by atoms with Crippen LogP contribution in [0.15, 0.2) is 35.5 Å². The highest BCUT2D eigenvalue weighted by molar-refractivity contribution is 7.93. The average molecular weight is 402 g/mol. The molecule has 2 aliphatic heterocycles. The van der Waals surface area contributed by atoms with Crippen molar-refractivity contribution in [1.82, 2.24) is 4.90 Å². The number of hydrogen-bond acceptors (Lipinski definition) is 4. The van der Waals surface area contributed by atoms with Gasteiger partial charge < -0.3 is 4.90 Å². The molecule has 152 valence electrons. The van der Waals surface area contributed by atoms with Crippen LogP contribution < -0.4 is 0 Å². The zero-order chi connectivity index (χ0) is 20.3. The van der Waals surface area contributed by atoms with Gasteiger partial charge in [-0.1, -0.05) is 45.0 Å². The highest BCUT2D eigenvalue weighted by atomic mass is 32.2. The molecule has 2 heterocycles. The summed E-state index contributed by atoms with van der Waals surface area (Å²) in [7, 11) is -3.43. The van der Waals surface area contributed by atoms with Gasteiger partial charge in [0, 0.05) is 24.2 Å². The summed E-state index contributed by atoms with van der Waals surface area (Å²) in [4.78, 5) is 15.6. The first-order chi connectivity index (χ1) is 13.1. The molecule has 0 radical (unpaired) electrons. The second kappa shape index (κ2) is 6.45. The first-order valence-electron chi connectivity index (χ1n) is 10.4. The molecule has 4 nitrogen and oxygen atoms in total. The van der Waals surface area contributed by atoms with Crippen molar-refractivity contribution in [2.45, 2.75) is 70.6 Å². The number of hydrogen-bond donors (Lipinski definition) is 0. The predicted molar refractivity (Wildman–Crippen MR) is 112 cm³/mol. The molecule has 0 saturated heterocycles. The van der Waals surface area contributed by atoms with Gasteiger partial charge >= 0.3 is 0 Å². The lowest BCUT2D eigenvalue weighted by Gasteiger charge is -2.53. The molecule has 3 aliphatic rings. The number of allylic oxidation sites excluding steroid dienone is 1. The summed E-state index contributed by atoms with van der Waals surface area (Å²) >= 11 is 0. The van der Waals surface area contributed by atoms with Gasteiger partial charge in [0.15, 0.2) is 15.6 Å². The topological polar surface area (TPSA) is 54.5 Å². The van der Waals surface area contributed by atoms with E-state index in [1.807, 2.05) is 19.9 Å². The zero-order valence-corrected chi connectivity index (χ0v) is 18.2. The van der Waals surface area contributed by atoms with E-state index in [9.17, 15) is 13.2 Å². The van der Waals surface area contributed by atoms with Gasteiger partial charge in [-0.15, -0.1) is 0 Å². The van der Waals surface area contributed by atoms with Gasteiger partial charge in [-0.3, -0.25) is 4.79 Å². The minimum Gasteiger partial charge on any atom is -0.367 e. The van der Waals surface area contributed by atoms with Crippen LogP contribution in [0.4, 0.5) is 0 Å². The van der Waals surface area contributed by atoms with Crippen molar-refractivity contribution < 1.29 is 13.2 Å². The van der Waals surface area contributed by atoms with Crippen LogP contribution in [0.1, 0.15) is 70.5 Å². The molecule has 2 unspecified atom stereocenters. The molecule has 2 atom stereocenters. The molecule has 28 heavy (non-hydrogen) atoms. The maximum Gasteiger partial charge on any atom is 0.162 e. The van der Waals surface area contributed by atoms with E-state index in [0.717, 1.165) is 25.1 Å². The van der Waals surface area contributed by atoms with Crippen molar-refractivity contribution in [3.8, 4) is 0 Å². The molecule has 0 amide bonds. The predicted octanol–water partition coefficient (Wildman–Crippen LogP) is 4.22. The van der Waals surface area contributed by atoms with Gasteiger partial charge in [-0.25, -0.2) is 8.42 Å². The summed E-state index contributed by atoms with van der Waals surface area (Å²) in [5, 5.41) is 0. The molecular weight excluding hydrogens is 370 g/mol. The molecule has 1 aromatic carbocycles. The van der Waals surface area contributed by atoms with Crippen LogP contribution >= 0.6 is 0 Å². The maximum absolute atomic E-state index is 13.5. The summed E-state index contributed by atoms with van der Waals surface area (Å²) in [5.74, 6) is 0.163. The van der Waals surface area contributed by atoms with Gasteiger partial charge in [-0.05, 0) is 49.1 Å². The Morgan fingerprint density at radius 3 is 2.57 bits per heavy atom. The number of ketones is 1. The third-order valence-corrected chi connectivity index (χ3v) is 9.57. The number of sulfone groups is 1. The van der Waals surface area contributed by atoms with Gasteiger partial charge in [0.1, 0.15) is 4.75 Å². The summed E-state index contributed by atoms with van der Waals surface area (Å²) in [5.41, 5.74) is 3.99. The van der Waals surface area contributed by atoms with E-state index in [2.05, 4.69) is 36.9 Å². The number of fused-ring (bicyclic) bond motifs is 4. The SMILES string of the molecule is CCCS(=O)(=O)C1(C)CC2c3ccccc3CCN2C2=C1C(=O)CC(C)(C)C2. The molecule has 4 rings (SSSR count). The Morgan fingerprint density at radius 2 is 1.86 bits per heavy atom. The van der Waals surface area contributed by atoms with E-state index in [0.29, 0.717) is 24.8 Å². The van der Waals surface area contributed by atoms with Crippen LogP contribution in [-0.2, 0) is 21.1 Å². The molecule has 1 aromatic rings. The van der Waals surface area contributed by atoms with Crippen molar-refractivity contribution in [3.05, 3.63) is 46.7 Å². The largest absolute Gasteiger partial charge is 0.367 e. The lowest BCUT2D eigenvalue weighted by atomic mass is 9.68. The zero-order valence-electron chi connectivity index (χ0n) is 17.4. The second-order valence-electron chi connectivity index (χ2n) is 9.67. The summed E-state index contributed by atoms with van der Waals surface area (Å²) in [6.45, 7) is 8.81. The maximum atomic E-state index is 13.5. The number of nitrogens with zero attached hydrogens (tertiary/aromatic N) is 1. The molecule has 0 spiro atoms. The lowest BCUT2D eigenvalue weighted by Crippen LogP contribution is -2.54. The van der Waals surface area contributed by atoms with E-state index >= 15 is 0 Å². The van der Waals surface area contributed by atoms with E-state index < -0.39 is 14.6 Å². The van der Waals surface area contributed by atoms with E-state index in [1.54, 1.807) is 0 Å². The fourth-order valence-corrected chi connectivity index (χ4v) is 7.52. The number of benzene rings is 1. The molecule has 5 heteroatoms. The van der Waals surface area contributed by atoms with Gasteiger partial charge in [0.25, 0.3) is 0 Å². The Kier molecular flexibility index (Phi) is 4.53. The molecule has 0 saturated carbocycles. The van der Waals surface area contributed by atoms with Crippen molar-refractivity contribution in [3.63, 3.8) is 0 Å². The molecule has 1 aliphatic carbocycles. The van der Waals surface area contributed by atoms with Crippen molar-refractivity contribution in [2.75, 3.05) is 12.3 Å². The fraction of sp³-hybridized carbons (Fsp3) is 0.609. The van der Waals surface area contributed by atoms with Gasteiger partial charge in [0.2, 0.25) is 0 Å². The van der Waals surface area contributed by atoms with Gasteiger partial charge in [-0.2, -0.15) is 0 Å². The minimum atomic E-state index is -3.43. The quantitative estimate of drug-likeness (QED) is 0.761. The van der Waals surface area contributed by atoms with Crippen LogP contribution in [-0.4, -0.2) is 36.1 Å². The average Bonchev–Trinajstić information content (AvgIpc) is 2.60. The third-order valence-electron chi connectivity index (χ3n) is 6.88. The monoisotopic (exact) mass is 401 g/mol. The second-order valence-corrected chi connectivity index (χ2v) is 12.2. The van der Waals surface area contributed by atoms with E-state index in [4.69, 9.17) is 0 Å². The van der Waals surface area contributed by atoms with Gasteiger partial charge in [0.05, 0.1) is 11.8 Å². The summed E-state index contributed by atoms with van der Waals surface area (Å²) in [6, 6.07) is 8.43. The van der Waals surface area contributed by atoms with Crippen LogP contribution in [0, 0.1) is 5.41 Å². The standard InChI is InChI=1S/C23H31NO3S/c1-5-12-28(26,27)23(4)14-18-17-9-7-6-8-16(17)10-11-24(18)19-13-22(2,3)15-20(25)21(19)23/h6-9,18H,5,10-15H2,1-4H3. The molecule has 0 aromatic heterocycles. The first kappa shape index (κ1) is 19.7. The van der Waals surface area contributed by atoms with Crippen LogP contribution in [0.5, 0.6) is 0 Å². The van der Waals surface area contributed by atoms with E-state index in [1.165, 1.54) is 11.1 Å². The smallest absolute Gasteiger partial charge is 0.162 e. The number of carbonyl (C=O) groups excluding carboxylic acids is 1. The fourth-order valence-electron chi connectivity index (χ4n) is 5.58. The Morgan fingerprint density at radius 1 is 1.14 bits per heavy atom. The molecule has 0 bridgehead atoms. The molecule has 0 N–H and O–H groups in total. The van der Waals surface area contributed by atoms with Crippen molar-refractivity contribution in [2.24, 2.45) is 5.41 Å². The van der Waals surface area contributed by atoms with Crippen LogP contribution in [0.3, 0.4) is 0 Å². The van der Waals surface area contributed by atoms with Crippen LogP contribution in [0.2, 0.25) is 0 Å². The van der Waals surface area contributed by atoms with Crippen LogP contribution in [0.25, 0.3) is 0 Å². The normalized spacial score (nSPS) is 29.2. The Hall–Kier alpha value is -1.62. The van der Waals surface area contributed by atoms with Crippen molar-refractivity contribution in [1.29, 1.82) is 0 Å². The minimum absolute atomic E-state index is 0.0297. The molecular formula is C23H31NO3S. The summed E-state index contributed by atoms with van der Waals surface area (Å²) in [6.07, 6.45) is 3.18. The van der Waals surface area contributed by atoms with E-state index in [-0.39, 0.29) is 23.0 Å². The number of carbonyl (C=O) groups is 1. The first-order valence-corrected chi connectivity index (χ1v) is 12.1. The summed E-state index contributed by atoms with van der Waals surface area (Å²) < 4.78 is 25.8. The highest BCUT2D eigenvalue weighted by Crippen LogP contribution is 2.54. The Labute approximate surface area is 168 Å². The number of Topliss-reactive ketones (excluding diaryl/α,β-unsaturated/α-hetero) is 1. The molecule has 0 fully saturated rings.